The van der Waals surface area contributed by atoms with Gasteiger partial charge in [0.15, 0.2) is 0 Å². The van der Waals surface area contributed by atoms with Gasteiger partial charge in [-0.3, -0.25) is 0 Å². The van der Waals surface area contributed by atoms with Gasteiger partial charge in [0.25, 0.3) is 0 Å². The molecule has 1 nitrogen and oxygen atoms in total. The van der Waals surface area contributed by atoms with Gasteiger partial charge in [0, 0.05) is 6.04 Å². The average Bonchev–Trinajstić information content (AvgIpc) is 2.05. The summed E-state index contributed by atoms with van der Waals surface area (Å²) in [5.74, 6) is 0. The molecule has 1 N–H and O–H groups in total. The fourth-order valence-corrected chi connectivity index (χ4v) is 1.13. The fraction of sp³-hybridized carbons (Fsp3) is 0.800. The molecule has 0 aromatic carbocycles. The lowest BCUT2D eigenvalue weighted by Crippen LogP contribution is -2.23. The highest BCUT2D eigenvalue weighted by Gasteiger charge is 1.98. The molecule has 0 fully saturated rings. The number of nitrogens with one attached hydrogen (secondary N) is 1. The highest BCUT2D eigenvalue weighted by Crippen LogP contribution is 2.01. The van der Waals surface area contributed by atoms with Crippen molar-refractivity contribution in [3.63, 3.8) is 0 Å². The molecule has 0 rings (SSSR count). The van der Waals surface area contributed by atoms with Gasteiger partial charge in [-0.25, -0.2) is 0 Å². The second kappa shape index (κ2) is 7.80. The first kappa shape index (κ1) is 10.7. The van der Waals surface area contributed by atoms with E-state index in [4.69, 9.17) is 0 Å². The fourth-order valence-electron chi connectivity index (χ4n) is 1.13. The molecule has 0 aliphatic carbocycles. The quantitative estimate of drug-likeness (QED) is 0.582. The van der Waals surface area contributed by atoms with Crippen molar-refractivity contribution in [3.8, 4) is 0 Å². The first-order chi connectivity index (χ1) is 5.35. The van der Waals surface area contributed by atoms with Gasteiger partial charge in [-0.15, -0.1) is 0 Å². The predicted molar refractivity (Wildman–Crippen MR) is 51.8 cm³/mol. The van der Waals surface area contributed by atoms with Crippen LogP contribution in [0.3, 0.4) is 0 Å². The maximum atomic E-state index is 3.29. The van der Waals surface area contributed by atoms with Crippen LogP contribution in [-0.4, -0.2) is 13.1 Å². The van der Waals surface area contributed by atoms with Crippen LogP contribution in [0.25, 0.3) is 0 Å². The molecule has 0 saturated heterocycles. The summed E-state index contributed by atoms with van der Waals surface area (Å²) in [5.41, 5.74) is 0. The van der Waals surface area contributed by atoms with Crippen LogP contribution >= 0.6 is 0 Å². The highest BCUT2D eigenvalue weighted by atomic mass is 14.9. The lowest BCUT2D eigenvalue weighted by molar-refractivity contribution is 0.513. The largest absolute Gasteiger partial charge is 0.317 e. The summed E-state index contributed by atoms with van der Waals surface area (Å²) < 4.78 is 0. The van der Waals surface area contributed by atoms with Crippen molar-refractivity contribution in [2.45, 2.75) is 45.6 Å². The zero-order valence-corrected chi connectivity index (χ0v) is 8.06. The summed E-state index contributed by atoms with van der Waals surface area (Å²) >= 11 is 0. The minimum absolute atomic E-state index is 0.705. The molecule has 0 heterocycles. The van der Waals surface area contributed by atoms with Gasteiger partial charge >= 0.3 is 0 Å². The van der Waals surface area contributed by atoms with Gasteiger partial charge in [-0.05, 0) is 32.7 Å². The average molecular weight is 155 g/mol. The van der Waals surface area contributed by atoms with Crippen molar-refractivity contribution in [1.29, 1.82) is 0 Å². The number of hydrogen-bond donors (Lipinski definition) is 1. The van der Waals surface area contributed by atoms with Crippen LogP contribution in [0.1, 0.15) is 39.5 Å². The number of hydrogen-bond acceptors (Lipinski definition) is 1. The van der Waals surface area contributed by atoms with Crippen LogP contribution < -0.4 is 5.32 Å². The second-order valence-electron chi connectivity index (χ2n) is 2.85. The van der Waals surface area contributed by atoms with E-state index in [1.807, 2.05) is 7.05 Å². The Kier molecular flexibility index (Phi) is 7.59. The van der Waals surface area contributed by atoms with E-state index in [0.717, 1.165) is 6.42 Å². The molecule has 11 heavy (non-hydrogen) atoms. The topological polar surface area (TPSA) is 12.0 Å². The summed E-state index contributed by atoms with van der Waals surface area (Å²) in [6, 6.07) is 0.705. The Labute approximate surface area is 70.9 Å². The Bertz CT molecular complexity index is 93.0. The number of rotatable bonds is 6. The van der Waals surface area contributed by atoms with Gasteiger partial charge in [0.05, 0.1) is 0 Å². The van der Waals surface area contributed by atoms with E-state index in [9.17, 15) is 0 Å². The smallest absolute Gasteiger partial charge is 0.00643 e. The van der Waals surface area contributed by atoms with E-state index < -0.39 is 0 Å². The Morgan fingerprint density at radius 1 is 1.27 bits per heavy atom. The standard InChI is InChI=1S/C10H21N/c1-4-6-7-8-9-10(5-2)11-3/h6-7,10-11H,4-5,8-9H2,1-3H3. The van der Waals surface area contributed by atoms with E-state index in [2.05, 4.69) is 31.3 Å². The van der Waals surface area contributed by atoms with Gasteiger partial charge < -0.3 is 5.32 Å². The third-order valence-corrected chi connectivity index (χ3v) is 1.99. The molecule has 0 aliphatic heterocycles. The van der Waals surface area contributed by atoms with Crippen molar-refractivity contribution in [1.82, 2.24) is 5.32 Å². The van der Waals surface area contributed by atoms with Crippen LogP contribution in [-0.2, 0) is 0 Å². The molecule has 1 unspecified atom stereocenters. The lowest BCUT2D eigenvalue weighted by atomic mass is 10.1. The maximum absolute atomic E-state index is 3.29. The Balaban J connectivity index is 3.27. The Morgan fingerprint density at radius 3 is 2.45 bits per heavy atom. The van der Waals surface area contributed by atoms with Crippen LogP contribution in [0.4, 0.5) is 0 Å². The molecule has 0 bridgehead atoms. The van der Waals surface area contributed by atoms with E-state index in [-0.39, 0.29) is 0 Å². The zero-order valence-electron chi connectivity index (χ0n) is 8.06. The molecular weight excluding hydrogens is 134 g/mol. The van der Waals surface area contributed by atoms with Crippen molar-refractivity contribution < 1.29 is 0 Å². The molecule has 0 aromatic heterocycles. The number of allylic oxidation sites excluding steroid dienone is 2. The summed E-state index contributed by atoms with van der Waals surface area (Å²) in [7, 11) is 2.04. The van der Waals surface area contributed by atoms with Crippen molar-refractivity contribution >= 4 is 0 Å². The maximum Gasteiger partial charge on any atom is 0.00643 e. The first-order valence-electron chi connectivity index (χ1n) is 4.67. The molecule has 0 aliphatic rings. The van der Waals surface area contributed by atoms with Crippen molar-refractivity contribution in [3.05, 3.63) is 12.2 Å². The monoisotopic (exact) mass is 155 g/mol. The molecule has 0 spiro atoms. The van der Waals surface area contributed by atoms with Gasteiger partial charge in [-0.1, -0.05) is 26.0 Å². The normalized spacial score (nSPS) is 14.1. The zero-order chi connectivity index (χ0) is 8.53. The van der Waals surface area contributed by atoms with Crippen LogP contribution in [0.2, 0.25) is 0 Å². The third kappa shape index (κ3) is 6.11. The third-order valence-electron chi connectivity index (χ3n) is 1.99. The summed E-state index contributed by atoms with van der Waals surface area (Å²) in [6.45, 7) is 4.40. The van der Waals surface area contributed by atoms with Gasteiger partial charge in [0.2, 0.25) is 0 Å². The first-order valence-corrected chi connectivity index (χ1v) is 4.67. The van der Waals surface area contributed by atoms with E-state index in [1.54, 1.807) is 0 Å². The molecule has 1 heteroatoms. The van der Waals surface area contributed by atoms with Gasteiger partial charge in [-0.2, -0.15) is 0 Å². The second-order valence-corrected chi connectivity index (χ2v) is 2.85. The Morgan fingerprint density at radius 2 is 2.00 bits per heavy atom. The lowest BCUT2D eigenvalue weighted by Gasteiger charge is -2.11. The minimum Gasteiger partial charge on any atom is -0.317 e. The van der Waals surface area contributed by atoms with Crippen LogP contribution in [0.15, 0.2) is 12.2 Å². The van der Waals surface area contributed by atoms with E-state index in [1.165, 1.54) is 19.3 Å². The predicted octanol–water partition coefficient (Wildman–Crippen LogP) is 2.73. The molecule has 0 amide bonds. The van der Waals surface area contributed by atoms with Crippen molar-refractivity contribution in [2.75, 3.05) is 7.05 Å². The van der Waals surface area contributed by atoms with E-state index >= 15 is 0 Å². The molecule has 0 saturated carbocycles. The molecular formula is C10H21N. The van der Waals surface area contributed by atoms with E-state index in [0.29, 0.717) is 6.04 Å². The SMILES string of the molecule is CCC=CCCC(CC)NC. The molecule has 0 aromatic rings. The molecule has 0 radical (unpaired) electrons. The van der Waals surface area contributed by atoms with Gasteiger partial charge in [0.1, 0.15) is 0 Å². The highest BCUT2D eigenvalue weighted by molar-refractivity contribution is 4.81. The summed E-state index contributed by atoms with van der Waals surface area (Å²) in [4.78, 5) is 0. The minimum atomic E-state index is 0.705. The molecule has 1 atom stereocenters. The summed E-state index contributed by atoms with van der Waals surface area (Å²) in [5, 5.41) is 3.29. The van der Waals surface area contributed by atoms with Crippen molar-refractivity contribution in [2.24, 2.45) is 0 Å². The molecule has 66 valence electrons. The van der Waals surface area contributed by atoms with Crippen LogP contribution in [0, 0.1) is 0 Å². The Hall–Kier alpha value is -0.300. The summed E-state index contributed by atoms with van der Waals surface area (Å²) in [6.07, 6.45) is 9.39. The van der Waals surface area contributed by atoms with Crippen LogP contribution in [0.5, 0.6) is 0 Å².